The number of allylic oxidation sites excluding steroid dienone is 2. The molecule has 1 saturated heterocycles. The first kappa shape index (κ1) is 78.9. The number of aliphatic hydroxyl groups excluding tert-OH is 1. The molecule has 11 amide bonds. The van der Waals surface area contributed by atoms with Crippen molar-refractivity contribution in [2.24, 2.45) is 47.3 Å². The Hall–Kier alpha value is -6.13. The molecule has 1 aliphatic rings. The van der Waals surface area contributed by atoms with Crippen LogP contribution in [0, 0.1) is 47.3 Å². The zero-order valence-corrected chi connectivity index (χ0v) is 57.6. The molecule has 5 N–H and O–H groups in total. The highest BCUT2D eigenvalue weighted by Crippen LogP contribution is 2.26. The second-order valence-corrected chi connectivity index (χ2v) is 27.2. The number of hydrogen-bond acceptors (Lipinski definition) is 12. The summed E-state index contributed by atoms with van der Waals surface area (Å²) in [7, 11) is 9.95. The fourth-order valence-electron chi connectivity index (χ4n) is 10.9. The van der Waals surface area contributed by atoms with Gasteiger partial charge in [-0.3, -0.25) is 52.7 Å². The van der Waals surface area contributed by atoms with Crippen molar-refractivity contribution in [3.8, 4) is 0 Å². The number of hydrogen-bond donors (Lipinski definition) is 5. The van der Waals surface area contributed by atoms with E-state index >= 15 is 9.59 Å². The molecule has 0 unspecified atom stereocenters. The first-order valence-corrected chi connectivity index (χ1v) is 31.5. The van der Waals surface area contributed by atoms with Gasteiger partial charge in [-0.05, 0) is 99.7 Å². The minimum absolute atomic E-state index is 0.131. The summed E-state index contributed by atoms with van der Waals surface area (Å²) in [6, 6.07) is -12.4. The lowest BCUT2D eigenvalue weighted by atomic mass is 9.91. The van der Waals surface area contributed by atoms with Gasteiger partial charge in [-0.1, -0.05) is 123 Å². The fraction of sp³-hybridized carbons (Fsp3) is 0.797. The molecule has 23 nitrogen and oxygen atoms in total. The molecular weight excluding hydrogens is 1110 g/mol. The van der Waals surface area contributed by atoms with Crippen molar-refractivity contribution in [1.29, 1.82) is 0 Å². The summed E-state index contributed by atoms with van der Waals surface area (Å²) >= 11 is 0. The molecule has 498 valence electrons. The van der Waals surface area contributed by atoms with Crippen LogP contribution in [-0.2, 0) is 52.7 Å². The summed E-state index contributed by atoms with van der Waals surface area (Å²) in [6.07, 6.45) is 3.91. The maximum absolute atomic E-state index is 15.2. The molecule has 0 aromatic heterocycles. The van der Waals surface area contributed by atoms with Crippen molar-refractivity contribution >= 4 is 65.0 Å². The van der Waals surface area contributed by atoms with E-state index in [0.29, 0.717) is 12.8 Å². The fourth-order valence-corrected chi connectivity index (χ4v) is 10.9. The SMILES string of the molecule is CC/C=C/C[C@@H](C)[C@@H](O)[C@H]1C(=O)N[C@@H](C(C)C)C(=O)N(C)CC(=O)N(C)[C@H](CC(C)C)C(=O)N[C@H](C(C)C)C(=O)N(C)[C@H](CC(C)C)C(=O)N[C@@H](C)C(=O)N[C@H](C)C(=O)N(C)[C@@H](CC(C)C)C(=O)N(C)[C@@H](CC(C)C)C(=O)N(C)[C@@H](C(C)C)C(=O)N1C. The number of amides is 11. The van der Waals surface area contributed by atoms with Gasteiger partial charge in [0.25, 0.3) is 0 Å². The van der Waals surface area contributed by atoms with Gasteiger partial charge in [0.2, 0.25) is 65.0 Å². The van der Waals surface area contributed by atoms with Gasteiger partial charge >= 0.3 is 0 Å². The van der Waals surface area contributed by atoms with Crippen molar-refractivity contribution in [2.45, 2.75) is 230 Å². The molecule has 0 bridgehead atoms. The van der Waals surface area contributed by atoms with Gasteiger partial charge in [0.15, 0.2) is 0 Å². The molecule has 12 atom stereocenters. The van der Waals surface area contributed by atoms with E-state index in [1.807, 2.05) is 74.5 Å². The summed E-state index contributed by atoms with van der Waals surface area (Å²) < 4.78 is 0. The Balaban J connectivity index is 4.38. The summed E-state index contributed by atoms with van der Waals surface area (Å²) in [6.45, 7) is 31.3. The highest BCUT2D eigenvalue weighted by atomic mass is 16.3. The van der Waals surface area contributed by atoms with Gasteiger partial charge in [0, 0.05) is 49.3 Å². The maximum Gasteiger partial charge on any atom is 0.246 e. The largest absolute Gasteiger partial charge is 0.390 e. The average Bonchev–Trinajstić information content (AvgIpc) is 1.17. The molecule has 0 aromatic carbocycles. The predicted molar refractivity (Wildman–Crippen MR) is 338 cm³/mol. The lowest BCUT2D eigenvalue weighted by Gasteiger charge is -2.41. The third kappa shape index (κ3) is 22.5. The second-order valence-electron chi connectivity index (χ2n) is 27.2. The third-order valence-corrected chi connectivity index (χ3v) is 16.5. The smallest absolute Gasteiger partial charge is 0.246 e. The van der Waals surface area contributed by atoms with E-state index in [1.165, 1.54) is 87.7 Å². The monoisotopic (exact) mass is 1230 g/mol. The van der Waals surface area contributed by atoms with Crippen LogP contribution in [0.1, 0.15) is 163 Å². The van der Waals surface area contributed by atoms with Crippen molar-refractivity contribution in [3.63, 3.8) is 0 Å². The normalized spacial score (nSPS) is 26.6. The van der Waals surface area contributed by atoms with Crippen LogP contribution in [-0.4, -0.2) is 227 Å². The molecule has 1 aliphatic heterocycles. The molecule has 23 heteroatoms. The standard InChI is InChI=1S/C64H115N11O12/c1-26-27-28-29-42(16)54(77)53-58(81)68-50(39(10)11)62(85)69(19)34-49(76)70(20)45(30-35(2)3)57(80)67-51(40(12)13)63(86)71(21)46(31-36(4)5)56(79)65-43(17)55(78)66-44(18)59(82)72(22)47(32-37(6)7)60(83)73(23)48(33-38(8)9)61(84)74(24)52(41(14)15)64(87)75(53)25/h27-28,35-48,50-54,77H,26,29-34H2,1-25H3,(H,65,79)(H,66,78)(H,67,80)(H,68,81)/b28-27+/t42-,43+,44-,45-,46-,47+,48+,50+,51-,52+,53+,54-/m1/s1. The van der Waals surface area contributed by atoms with Gasteiger partial charge in [-0.25, -0.2) is 0 Å². The number of aliphatic hydroxyl groups is 1. The van der Waals surface area contributed by atoms with E-state index in [9.17, 15) is 48.3 Å². The van der Waals surface area contributed by atoms with Crippen LogP contribution in [0.25, 0.3) is 0 Å². The lowest BCUT2D eigenvalue weighted by Crippen LogP contribution is -2.64. The van der Waals surface area contributed by atoms with Crippen LogP contribution >= 0.6 is 0 Å². The number of nitrogens with zero attached hydrogens (tertiary/aromatic N) is 7. The Kier molecular flexibility index (Phi) is 32.4. The minimum atomic E-state index is -1.62. The Morgan fingerprint density at radius 2 is 0.793 bits per heavy atom. The Morgan fingerprint density at radius 1 is 0.414 bits per heavy atom. The summed E-state index contributed by atoms with van der Waals surface area (Å²) in [4.78, 5) is 170. The van der Waals surface area contributed by atoms with Crippen molar-refractivity contribution < 1.29 is 57.8 Å². The zero-order chi connectivity index (χ0) is 67.6. The minimum Gasteiger partial charge on any atom is -0.390 e. The Bertz CT molecular complexity index is 2380. The van der Waals surface area contributed by atoms with Crippen LogP contribution in [0.3, 0.4) is 0 Å². The van der Waals surface area contributed by atoms with E-state index in [-0.39, 0.29) is 49.4 Å². The van der Waals surface area contributed by atoms with E-state index < -0.39 is 162 Å². The van der Waals surface area contributed by atoms with Gasteiger partial charge in [0.1, 0.15) is 60.4 Å². The molecule has 1 fully saturated rings. The molecule has 87 heavy (non-hydrogen) atoms. The van der Waals surface area contributed by atoms with Crippen molar-refractivity contribution in [3.05, 3.63) is 12.2 Å². The molecule has 1 heterocycles. The lowest BCUT2D eigenvalue weighted by molar-refractivity contribution is -0.157. The maximum atomic E-state index is 15.2. The van der Waals surface area contributed by atoms with Gasteiger partial charge in [-0.15, -0.1) is 0 Å². The highest BCUT2D eigenvalue weighted by Gasteiger charge is 2.46. The number of likely N-dealkylation sites (N-methyl/N-ethyl adjacent to an activating group) is 7. The quantitative estimate of drug-likeness (QED) is 0.138. The zero-order valence-electron chi connectivity index (χ0n) is 57.6. The Morgan fingerprint density at radius 3 is 1.24 bits per heavy atom. The number of carbonyl (C=O) groups excluding carboxylic acids is 11. The molecule has 0 radical (unpaired) electrons. The van der Waals surface area contributed by atoms with Crippen LogP contribution < -0.4 is 21.3 Å². The summed E-state index contributed by atoms with van der Waals surface area (Å²) in [5.41, 5.74) is 0. The van der Waals surface area contributed by atoms with Crippen LogP contribution in [0.4, 0.5) is 0 Å². The first-order valence-electron chi connectivity index (χ1n) is 31.5. The highest BCUT2D eigenvalue weighted by molar-refractivity contribution is 5.99. The van der Waals surface area contributed by atoms with Crippen LogP contribution in [0.5, 0.6) is 0 Å². The van der Waals surface area contributed by atoms with Crippen molar-refractivity contribution in [2.75, 3.05) is 55.9 Å². The van der Waals surface area contributed by atoms with E-state index in [4.69, 9.17) is 0 Å². The van der Waals surface area contributed by atoms with E-state index in [0.717, 1.165) is 9.80 Å². The molecule has 0 aromatic rings. The molecule has 0 spiro atoms. The van der Waals surface area contributed by atoms with Crippen LogP contribution in [0.2, 0.25) is 0 Å². The Labute approximate surface area is 521 Å². The topological polar surface area (TPSA) is 279 Å². The third-order valence-electron chi connectivity index (χ3n) is 16.5. The van der Waals surface area contributed by atoms with Gasteiger partial charge in [-0.2, -0.15) is 0 Å². The first-order chi connectivity index (χ1) is 40.1. The molecular formula is C64H115N11O12. The predicted octanol–water partition coefficient (Wildman–Crippen LogP) is 3.91. The summed E-state index contributed by atoms with van der Waals surface area (Å²) in [5, 5.41) is 23.3. The molecule has 0 saturated carbocycles. The van der Waals surface area contributed by atoms with Gasteiger partial charge in [0.05, 0.1) is 12.6 Å². The number of carbonyl (C=O) groups is 11. The van der Waals surface area contributed by atoms with E-state index in [2.05, 4.69) is 21.3 Å². The van der Waals surface area contributed by atoms with E-state index in [1.54, 1.807) is 48.5 Å². The molecule has 1 rings (SSSR count). The van der Waals surface area contributed by atoms with Crippen LogP contribution in [0.15, 0.2) is 12.2 Å². The van der Waals surface area contributed by atoms with Gasteiger partial charge < -0.3 is 60.7 Å². The number of rotatable bonds is 16. The van der Waals surface area contributed by atoms with Crippen molar-refractivity contribution in [1.82, 2.24) is 55.6 Å². The number of nitrogens with one attached hydrogen (secondary N) is 4. The second kappa shape index (κ2) is 35.8. The molecule has 0 aliphatic carbocycles. The average molecular weight is 1230 g/mol. The summed E-state index contributed by atoms with van der Waals surface area (Å²) in [5.74, 6) is -10.3.